The van der Waals surface area contributed by atoms with Gasteiger partial charge in [0.25, 0.3) is 0 Å². The second kappa shape index (κ2) is 3.53. The van der Waals surface area contributed by atoms with Crippen LogP contribution in [0.1, 0.15) is 20.8 Å². The molecule has 0 bridgehead atoms. The second-order valence-corrected chi connectivity index (χ2v) is 2.88. The van der Waals surface area contributed by atoms with Crippen molar-refractivity contribution in [3.05, 3.63) is 0 Å². The van der Waals surface area contributed by atoms with E-state index in [9.17, 15) is 4.79 Å². The Hall–Kier alpha value is -0.610. The van der Waals surface area contributed by atoms with E-state index >= 15 is 0 Å². The summed E-state index contributed by atoms with van der Waals surface area (Å²) in [5.41, 5.74) is -0.374. The molecule has 0 saturated heterocycles. The van der Waals surface area contributed by atoms with Gasteiger partial charge in [0.1, 0.15) is 0 Å². The van der Waals surface area contributed by atoms with E-state index in [1.165, 1.54) is 6.92 Å². The van der Waals surface area contributed by atoms with Crippen LogP contribution >= 0.6 is 0 Å². The first-order chi connectivity index (χ1) is 4.48. The zero-order valence-corrected chi connectivity index (χ0v) is 6.60. The number of carbonyl (C=O) groups excluding carboxylic acids is 1. The van der Waals surface area contributed by atoms with Gasteiger partial charge in [0.05, 0.1) is 12.1 Å². The molecule has 1 amide bonds. The molecule has 4 heteroatoms. The lowest BCUT2D eigenvalue weighted by atomic mass is 10.1. The number of hydrogen-bond acceptors (Lipinski definition) is 3. The van der Waals surface area contributed by atoms with E-state index in [1.807, 2.05) is 13.8 Å². The van der Waals surface area contributed by atoms with E-state index in [0.29, 0.717) is 6.61 Å². The van der Waals surface area contributed by atoms with E-state index in [4.69, 9.17) is 5.90 Å². The fraction of sp³-hybridized carbons (Fsp3) is 0.833. The summed E-state index contributed by atoms with van der Waals surface area (Å²) in [6.07, 6.45) is 0. The number of nitrogens with two attached hydrogens (primary N) is 1. The lowest BCUT2D eigenvalue weighted by Gasteiger charge is -2.23. The minimum absolute atomic E-state index is 0.0814. The highest BCUT2D eigenvalue weighted by atomic mass is 16.6. The van der Waals surface area contributed by atoms with Gasteiger partial charge in [0.2, 0.25) is 5.91 Å². The molecule has 0 rings (SSSR count). The van der Waals surface area contributed by atoms with Crippen molar-refractivity contribution in [2.45, 2.75) is 26.3 Å². The van der Waals surface area contributed by atoms with E-state index in [1.54, 1.807) is 0 Å². The summed E-state index contributed by atoms with van der Waals surface area (Å²) in [4.78, 5) is 14.9. The first kappa shape index (κ1) is 9.39. The van der Waals surface area contributed by atoms with Gasteiger partial charge in [-0.3, -0.25) is 4.79 Å². The number of rotatable bonds is 3. The monoisotopic (exact) mass is 146 g/mol. The van der Waals surface area contributed by atoms with Crippen LogP contribution < -0.4 is 11.2 Å². The van der Waals surface area contributed by atoms with E-state index in [0.717, 1.165) is 0 Å². The molecule has 0 fully saturated rings. The molecule has 0 aromatic carbocycles. The molecule has 0 aliphatic carbocycles. The molecule has 0 unspecified atom stereocenters. The van der Waals surface area contributed by atoms with Crippen LogP contribution in [0, 0.1) is 0 Å². The summed E-state index contributed by atoms with van der Waals surface area (Å²) in [5.74, 6) is 4.76. The van der Waals surface area contributed by atoms with Gasteiger partial charge < -0.3 is 10.2 Å². The van der Waals surface area contributed by atoms with Gasteiger partial charge in [-0.2, -0.15) is 0 Å². The fourth-order valence-corrected chi connectivity index (χ4v) is 0.721. The minimum atomic E-state index is -0.374. The van der Waals surface area contributed by atoms with Crippen LogP contribution in [-0.2, 0) is 9.63 Å². The van der Waals surface area contributed by atoms with Gasteiger partial charge in [-0.05, 0) is 13.8 Å². The highest BCUT2D eigenvalue weighted by Crippen LogP contribution is 1.99. The molecule has 0 aliphatic heterocycles. The molecule has 0 atom stereocenters. The zero-order chi connectivity index (χ0) is 8.20. The summed E-state index contributed by atoms with van der Waals surface area (Å²) >= 11 is 0. The molecule has 0 aliphatic rings. The molecule has 0 spiro atoms. The normalized spacial score (nSPS) is 11.2. The average molecular weight is 146 g/mol. The maximum absolute atomic E-state index is 10.5. The van der Waals surface area contributed by atoms with Crippen LogP contribution in [0.5, 0.6) is 0 Å². The van der Waals surface area contributed by atoms with Gasteiger partial charge >= 0.3 is 0 Å². The van der Waals surface area contributed by atoms with Gasteiger partial charge in [-0.15, -0.1) is 0 Å². The summed E-state index contributed by atoms with van der Waals surface area (Å²) in [7, 11) is 0. The molecule has 0 aromatic rings. The lowest BCUT2D eigenvalue weighted by Crippen LogP contribution is -2.46. The molecule has 60 valence electrons. The molecule has 0 aromatic heterocycles. The van der Waals surface area contributed by atoms with Gasteiger partial charge in [0.15, 0.2) is 0 Å². The van der Waals surface area contributed by atoms with Crippen molar-refractivity contribution < 1.29 is 9.63 Å². The van der Waals surface area contributed by atoms with Crippen LogP contribution in [0.15, 0.2) is 0 Å². The van der Waals surface area contributed by atoms with Crippen LogP contribution in [0.3, 0.4) is 0 Å². The van der Waals surface area contributed by atoms with Crippen LogP contribution in [-0.4, -0.2) is 18.1 Å². The van der Waals surface area contributed by atoms with Crippen molar-refractivity contribution in [2.24, 2.45) is 5.90 Å². The molecule has 0 radical (unpaired) electrons. The molecule has 10 heavy (non-hydrogen) atoms. The quantitative estimate of drug-likeness (QED) is 0.541. The summed E-state index contributed by atoms with van der Waals surface area (Å²) in [6, 6.07) is 0. The molecule has 4 nitrogen and oxygen atoms in total. The van der Waals surface area contributed by atoms with Crippen molar-refractivity contribution in [3.63, 3.8) is 0 Å². The Morgan fingerprint density at radius 2 is 2.20 bits per heavy atom. The third kappa shape index (κ3) is 4.29. The van der Waals surface area contributed by atoms with Crippen molar-refractivity contribution in [3.8, 4) is 0 Å². The average Bonchev–Trinajstić information content (AvgIpc) is 1.59. The maximum Gasteiger partial charge on any atom is 0.217 e. The molecule has 0 heterocycles. The van der Waals surface area contributed by atoms with E-state index in [2.05, 4.69) is 10.2 Å². The summed E-state index contributed by atoms with van der Waals surface area (Å²) < 4.78 is 0. The Bertz CT molecular complexity index is 123. The molecule has 0 saturated carbocycles. The predicted octanol–water partition coefficient (Wildman–Crippen LogP) is -0.209. The van der Waals surface area contributed by atoms with Crippen molar-refractivity contribution in [1.29, 1.82) is 0 Å². The number of nitrogens with one attached hydrogen (secondary N) is 1. The topological polar surface area (TPSA) is 64.3 Å². The van der Waals surface area contributed by atoms with E-state index < -0.39 is 0 Å². The van der Waals surface area contributed by atoms with Crippen molar-refractivity contribution in [1.82, 2.24) is 5.32 Å². The number of amides is 1. The Labute approximate surface area is 60.7 Å². The standard InChI is InChI=1S/C6H14N2O2/c1-5(9)8-6(2,3)4-10-7/h4,7H2,1-3H3,(H,8,9). The van der Waals surface area contributed by atoms with Crippen LogP contribution in [0.25, 0.3) is 0 Å². The molecule has 3 N–H and O–H groups in total. The first-order valence-electron chi connectivity index (χ1n) is 3.08. The Morgan fingerprint density at radius 3 is 2.50 bits per heavy atom. The fourth-order valence-electron chi connectivity index (χ4n) is 0.721. The van der Waals surface area contributed by atoms with Crippen molar-refractivity contribution in [2.75, 3.05) is 6.61 Å². The van der Waals surface area contributed by atoms with Gasteiger partial charge in [0, 0.05) is 6.92 Å². The predicted molar refractivity (Wildman–Crippen MR) is 38.0 cm³/mol. The number of carbonyl (C=O) groups is 1. The Kier molecular flexibility index (Phi) is 3.32. The molecular weight excluding hydrogens is 132 g/mol. The van der Waals surface area contributed by atoms with Gasteiger partial charge in [-0.25, -0.2) is 5.90 Å². The third-order valence-corrected chi connectivity index (χ3v) is 0.959. The smallest absolute Gasteiger partial charge is 0.217 e. The van der Waals surface area contributed by atoms with Crippen LogP contribution in [0.2, 0.25) is 0 Å². The van der Waals surface area contributed by atoms with Gasteiger partial charge in [-0.1, -0.05) is 0 Å². The highest BCUT2D eigenvalue weighted by molar-refractivity contribution is 5.73. The highest BCUT2D eigenvalue weighted by Gasteiger charge is 2.17. The zero-order valence-electron chi connectivity index (χ0n) is 6.60. The summed E-state index contributed by atoms with van der Waals surface area (Å²) in [6.45, 7) is 5.44. The third-order valence-electron chi connectivity index (χ3n) is 0.959. The SMILES string of the molecule is CC(=O)NC(C)(C)CON. The Balaban J connectivity index is 3.74. The minimum Gasteiger partial charge on any atom is -0.349 e. The maximum atomic E-state index is 10.5. The largest absolute Gasteiger partial charge is 0.349 e. The lowest BCUT2D eigenvalue weighted by molar-refractivity contribution is -0.121. The van der Waals surface area contributed by atoms with E-state index in [-0.39, 0.29) is 11.4 Å². The van der Waals surface area contributed by atoms with Crippen LogP contribution in [0.4, 0.5) is 0 Å². The van der Waals surface area contributed by atoms with Crippen molar-refractivity contribution >= 4 is 5.91 Å². The second-order valence-electron chi connectivity index (χ2n) is 2.88. The number of hydrogen-bond donors (Lipinski definition) is 2. The summed E-state index contributed by atoms with van der Waals surface area (Å²) in [5, 5.41) is 2.68. The first-order valence-corrected chi connectivity index (χ1v) is 3.08. The Morgan fingerprint density at radius 1 is 1.70 bits per heavy atom. The molecular formula is C6H14N2O2.